The number of rotatable bonds is 3. The highest BCUT2D eigenvalue weighted by Gasteiger charge is 1.97. The summed E-state index contributed by atoms with van der Waals surface area (Å²) >= 11 is 0. The fraction of sp³-hybridized carbons (Fsp3) is 0.308. The van der Waals surface area contributed by atoms with Gasteiger partial charge in [-0.15, -0.1) is 0 Å². The minimum Gasteiger partial charge on any atom is -0.313 e. The summed E-state index contributed by atoms with van der Waals surface area (Å²) in [5, 5.41) is 4.55. The van der Waals surface area contributed by atoms with Crippen LogP contribution in [0.25, 0.3) is 10.9 Å². The topological polar surface area (TPSA) is 24.9 Å². The van der Waals surface area contributed by atoms with Crippen LogP contribution in [0.2, 0.25) is 0 Å². The van der Waals surface area contributed by atoms with Crippen LogP contribution >= 0.6 is 0 Å². The van der Waals surface area contributed by atoms with Gasteiger partial charge in [0.15, 0.2) is 0 Å². The van der Waals surface area contributed by atoms with Crippen LogP contribution < -0.4 is 5.32 Å². The maximum atomic E-state index is 4.38. The van der Waals surface area contributed by atoms with Crippen LogP contribution in [-0.4, -0.2) is 11.5 Å². The Morgan fingerprint density at radius 3 is 2.93 bits per heavy atom. The molecule has 2 aromatic rings. The predicted octanol–water partition coefficient (Wildman–Crippen LogP) is 2.65. The SMILES string of the molecule is CCNCc1ccc2ncc(C)cc2c1. The molecule has 0 atom stereocenters. The number of pyridine rings is 1. The van der Waals surface area contributed by atoms with E-state index in [-0.39, 0.29) is 0 Å². The highest BCUT2D eigenvalue weighted by Crippen LogP contribution is 2.15. The molecule has 15 heavy (non-hydrogen) atoms. The maximum Gasteiger partial charge on any atom is 0.0702 e. The molecule has 78 valence electrons. The number of aromatic nitrogens is 1. The molecule has 1 N–H and O–H groups in total. The van der Waals surface area contributed by atoms with Crippen LogP contribution in [0.1, 0.15) is 18.1 Å². The van der Waals surface area contributed by atoms with Gasteiger partial charge in [-0.3, -0.25) is 4.98 Å². The van der Waals surface area contributed by atoms with Crippen LogP contribution in [-0.2, 0) is 6.54 Å². The van der Waals surface area contributed by atoms with E-state index in [2.05, 4.69) is 48.4 Å². The summed E-state index contributed by atoms with van der Waals surface area (Å²) < 4.78 is 0. The van der Waals surface area contributed by atoms with Crippen molar-refractivity contribution in [2.24, 2.45) is 0 Å². The summed E-state index contributed by atoms with van der Waals surface area (Å²) in [4.78, 5) is 4.38. The van der Waals surface area contributed by atoms with E-state index < -0.39 is 0 Å². The Kier molecular flexibility index (Phi) is 2.97. The number of hydrogen-bond donors (Lipinski definition) is 1. The maximum absolute atomic E-state index is 4.38. The zero-order valence-corrected chi connectivity index (χ0v) is 9.25. The first-order valence-corrected chi connectivity index (χ1v) is 5.35. The number of nitrogens with one attached hydrogen (secondary N) is 1. The van der Waals surface area contributed by atoms with Gasteiger partial charge < -0.3 is 5.32 Å². The van der Waals surface area contributed by atoms with Crippen molar-refractivity contribution < 1.29 is 0 Å². The third-order valence-electron chi connectivity index (χ3n) is 2.46. The molecule has 0 aliphatic rings. The number of benzene rings is 1. The normalized spacial score (nSPS) is 10.8. The molecule has 0 amide bonds. The van der Waals surface area contributed by atoms with Gasteiger partial charge >= 0.3 is 0 Å². The largest absolute Gasteiger partial charge is 0.313 e. The minimum absolute atomic E-state index is 0.931. The zero-order valence-electron chi connectivity index (χ0n) is 9.25. The Labute approximate surface area is 90.3 Å². The predicted molar refractivity (Wildman–Crippen MR) is 63.9 cm³/mol. The number of nitrogens with zero attached hydrogens (tertiary/aromatic N) is 1. The molecule has 0 aliphatic carbocycles. The van der Waals surface area contributed by atoms with E-state index in [0.29, 0.717) is 0 Å². The van der Waals surface area contributed by atoms with Crippen molar-refractivity contribution in [1.82, 2.24) is 10.3 Å². The molecule has 2 nitrogen and oxygen atoms in total. The second-order valence-corrected chi connectivity index (χ2v) is 3.82. The van der Waals surface area contributed by atoms with Gasteiger partial charge in [0.2, 0.25) is 0 Å². The van der Waals surface area contributed by atoms with Crippen molar-refractivity contribution in [3.8, 4) is 0 Å². The van der Waals surface area contributed by atoms with Crippen LogP contribution in [0, 0.1) is 6.92 Å². The van der Waals surface area contributed by atoms with Crippen molar-refractivity contribution >= 4 is 10.9 Å². The molecule has 0 fully saturated rings. The first kappa shape index (κ1) is 10.1. The van der Waals surface area contributed by atoms with Gasteiger partial charge in [-0.25, -0.2) is 0 Å². The van der Waals surface area contributed by atoms with Crippen LogP contribution in [0.15, 0.2) is 30.5 Å². The average Bonchev–Trinajstić information content (AvgIpc) is 2.25. The van der Waals surface area contributed by atoms with Gasteiger partial charge in [0.1, 0.15) is 0 Å². The molecule has 1 aromatic heterocycles. The van der Waals surface area contributed by atoms with Crippen molar-refractivity contribution in [1.29, 1.82) is 0 Å². The van der Waals surface area contributed by atoms with Crippen LogP contribution in [0.5, 0.6) is 0 Å². The van der Waals surface area contributed by atoms with E-state index in [1.165, 1.54) is 16.5 Å². The van der Waals surface area contributed by atoms with E-state index in [0.717, 1.165) is 18.6 Å². The molecular weight excluding hydrogens is 184 g/mol. The van der Waals surface area contributed by atoms with Gasteiger partial charge in [0.05, 0.1) is 5.52 Å². The molecule has 0 radical (unpaired) electrons. The molecule has 1 heterocycles. The standard InChI is InChI=1S/C13H16N2/c1-3-14-9-11-4-5-13-12(7-11)6-10(2)8-15-13/h4-8,14H,3,9H2,1-2H3. The van der Waals surface area contributed by atoms with Gasteiger partial charge in [0.25, 0.3) is 0 Å². The molecule has 0 aliphatic heterocycles. The third-order valence-corrected chi connectivity index (χ3v) is 2.46. The highest BCUT2D eigenvalue weighted by molar-refractivity contribution is 5.79. The lowest BCUT2D eigenvalue weighted by Gasteiger charge is -2.04. The van der Waals surface area contributed by atoms with Gasteiger partial charge in [-0.1, -0.05) is 13.0 Å². The number of aryl methyl sites for hydroxylation is 1. The third kappa shape index (κ3) is 2.34. The molecule has 2 rings (SSSR count). The fourth-order valence-electron chi connectivity index (χ4n) is 1.67. The molecule has 0 bridgehead atoms. The molecule has 2 heteroatoms. The Morgan fingerprint density at radius 2 is 2.13 bits per heavy atom. The van der Waals surface area contributed by atoms with Crippen LogP contribution in [0.4, 0.5) is 0 Å². The summed E-state index contributed by atoms with van der Waals surface area (Å²) in [6.45, 7) is 6.13. The summed E-state index contributed by atoms with van der Waals surface area (Å²) in [5.74, 6) is 0. The Hall–Kier alpha value is -1.41. The quantitative estimate of drug-likeness (QED) is 0.824. The average molecular weight is 200 g/mol. The zero-order chi connectivity index (χ0) is 10.7. The van der Waals surface area contributed by atoms with Crippen LogP contribution in [0.3, 0.4) is 0 Å². The van der Waals surface area contributed by atoms with E-state index in [4.69, 9.17) is 0 Å². The van der Waals surface area contributed by atoms with Gasteiger partial charge in [0, 0.05) is 18.1 Å². The van der Waals surface area contributed by atoms with E-state index in [1.807, 2.05) is 6.20 Å². The molecular formula is C13H16N2. The lowest BCUT2D eigenvalue weighted by atomic mass is 10.1. The Balaban J connectivity index is 2.36. The van der Waals surface area contributed by atoms with Crippen molar-refractivity contribution in [3.63, 3.8) is 0 Å². The lowest BCUT2D eigenvalue weighted by Crippen LogP contribution is -2.11. The van der Waals surface area contributed by atoms with Crippen molar-refractivity contribution in [2.75, 3.05) is 6.54 Å². The summed E-state index contributed by atoms with van der Waals surface area (Å²) in [5.41, 5.74) is 3.60. The molecule has 0 saturated carbocycles. The Bertz CT molecular complexity index is 463. The van der Waals surface area contributed by atoms with Gasteiger partial charge in [-0.2, -0.15) is 0 Å². The summed E-state index contributed by atoms with van der Waals surface area (Å²) in [6.07, 6.45) is 1.91. The first-order valence-electron chi connectivity index (χ1n) is 5.35. The van der Waals surface area contributed by atoms with E-state index in [9.17, 15) is 0 Å². The summed E-state index contributed by atoms with van der Waals surface area (Å²) in [7, 11) is 0. The smallest absolute Gasteiger partial charge is 0.0702 e. The minimum atomic E-state index is 0.931. The number of hydrogen-bond acceptors (Lipinski definition) is 2. The highest BCUT2D eigenvalue weighted by atomic mass is 14.8. The molecule has 0 saturated heterocycles. The first-order chi connectivity index (χ1) is 7.29. The van der Waals surface area contributed by atoms with Crippen molar-refractivity contribution in [2.45, 2.75) is 20.4 Å². The second-order valence-electron chi connectivity index (χ2n) is 3.82. The monoisotopic (exact) mass is 200 g/mol. The lowest BCUT2D eigenvalue weighted by molar-refractivity contribution is 0.727. The van der Waals surface area contributed by atoms with E-state index >= 15 is 0 Å². The fourth-order valence-corrected chi connectivity index (χ4v) is 1.67. The van der Waals surface area contributed by atoms with Crippen molar-refractivity contribution in [3.05, 3.63) is 41.6 Å². The van der Waals surface area contributed by atoms with Gasteiger partial charge in [-0.05, 0) is 42.8 Å². The Morgan fingerprint density at radius 1 is 1.27 bits per heavy atom. The summed E-state index contributed by atoms with van der Waals surface area (Å²) in [6, 6.07) is 8.60. The molecule has 0 unspecified atom stereocenters. The number of fused-ring (bicyclic) bond motifs is 1. The molecule has 1 aromatic carbocycles. The second kappa shape index (κ2) is 4.41. The van der Waals surface area contributed by atoms with E-state index in [1.54, 1.807) is 0 Å². The molecule has 0 spiro atoms.